The summed E-state index contributed by atoms with van der Waals surface area (Å²) in [4.78, 5) is 6.18. The highest BCUT2D eigenvalue weighted by Crippen LogP contribution is 2.58. The predicted molar refractivity (Wildman–Crippen MR) is 148 cm³/mol. The van der Waals surface area contributed by atoms with Crippen molar-refractivity contribution in [3.8, 4) is 17.6 Å². The monoisotopic (exact) mass is 481 g/mol. The third-order valence-corrected chi connectivity index (χ3v) is 10.5. The van der Waals surface area contributed by atoms with Gasteiger partial charge in [-0.2, -0.15) is 5.26 Å². The number of ether oxygens (including phenoxy) is 1. The van der Waals surface area contributed by atoms with Gasteiger partial charge in [0.1, 0.15) is 0 Å². The van der Waals surface area contributed by atoms with Crippen LogP contribution in [-0.4, -0.2) is 5.42 Å². The molecule has 0 atom stereocenters. The molecule has 0 amide bonds. The number of benzene rings is 4. The first-order chi connectivity index (χ1) is 17.8. The highest BCUT2D eigenvalue weighted by Gasteiger charge is 2.36. The van der Waals surface area contributed by atoms with Gasteiger partial charge in [-0.05, 0) is 47.0 Å². The molecular formula is C31H20N3OP. The van der Waals surface area contributed by atoms with Gasteiger partial charge >= 0.3 is 0 Å². The van der Waals surface area contributed by atoms with E-state index < -0.39 is 6.89 Å². The molecule has 4 nitrogen and oxygen atoms in total. The zero-order valence-electron chi connectivity index (χ0n) is 19.2. The van der Waals surface area contributed by atoms with Crippen molar-refractivity contribution in [1.82, 2.24) is 0 Å². The molecule has 2 aliphatic rings. The Kier molecular flexibility index (Phi) is 5.31. The van der Waals surface area contributed by atoms with E-state index in [0.29, 0.717) is 10.7 Å². The van der Waals surface area contributed by atoms with Gasteiger partial charge in [-0.3, -0.25) is 0 Å². The maximum absolute atomic E-state index is 10.6. The van der Waals surface area contributed by atoms with Gasteiger partial charge < -0.3 is 9.64 Å². The Balaban J connectivity index is 1.70. The van der Waals surface area contributed by atoms with E-state index >= 15 is 0 Å². The highest BCUT2D eigenvalue weighted by atomic mass is 31.2. The molecule has 36 heavy (non-hydrogen) atoms. The van der Waals surface area contributed by atoms with E-state index in [1.54, 1.807) is 0 Å². The molecule has 170 valence electrons. The van der Waals surface area contributed by atoms with Crippen molar-refractivity contribution in [2.75, 3.05) is 4.90 Å². The van der Waals surface area contributed by atoms with E-state index in [-0.39, 0.29) is 0 Å². The van der Waals surface area contributed by atoms with Gasteiger partial charge in [0, 0.05) is 12.6 Å². The molecule has 0 saturated heterocycles. The van der Waals surface area contributed by atoms with Crippen molar-refractivity contribution in [1.29, 1.82) is 5.26 Å². The zero-order chi connectivity index (χ0) is 24.5. The summed E-state index contributed by atoms with van der Waals surface area (Å²) in [6.45, 7) is 5.66. The Morgan fingerprint density at radius 2 is 1.19 bits per heavy atom. The number of hydrogen-bond acceptors (Lipinski definition) is 3. The van der Waals surface area contributed by atoms with Crippen LogP contribution in [0.5, 0.6) is 11.5 Å². The molecule has 0 radical (unpaired) electrons. The minimum atomic E-state index is -2.64. The third-order valence-electron chi connectivity index (χ3n) is 6.47. The molecule has 0 fully saturated rings. The molecule has 5 heteroatoms. The van der Waals surface area contributed by atoms with Gasteiger partial charge in [-0.25, -0.2) is 4.85 Å². The lowest BCUT2D eigenvalue weighted by molar-refractivity contribution is 0.476. The maximum Gasteiger partial charge on any atom is 0.197 e. The van der Waals surface area contributed by atoms with E-state index in [0.717, 1.165) is 39.2 Å². The third kappa shape index (κ3) is 3.21. The number of allylic oxidation sites excluding steroid dienone is 2. The summed E-state index contributed by atoms with van der Waals surface area (Å²) in [6, 6.07) is 38.2. The Morgan fingerprint density at radius 1 is 0.694 bits per heavy atom. The molecule has 0 aromatic heterocycles. The summed E-state index contributed by atoms with van der Waals surface area (Å²) >= 11 is 0. The number of nitrogens with zero attached hydrogens (tertiary/aromatic N) is 3. The molecule has 4 aromatic rings. The first-order valence-corrected chi connectivity index (χ1v) is 13.3. The summed E-state index contributed by atoms with van der Waals surface area (Å²) in [5, 5.41) is 13.2. The molecule has 6 rings (SSSR count). The molecule has 2 heterocycles. The van der Waals surface area contributed by atoms with E-state index in [2.05, 4.69) is 15.8 Å². The van der Waals surface area contributed by atoms with Crippen molar-refractivity contribution in [2.45, 2.75) is 0 Å². The van der Waals surface area contributed by atoms with Crippen LogP contribution in [0.3, 0.4) is 0 Å². The SMILES string of the molecule is [C-]#[N+]C1=P(c2ccccc2)(c2ccccc2)C(C#N)=CC(N2c3ccccc3Oc3ccccc32)=C1. The quantitative estimate of drug-likeness (QED) is 0.235. The second kappa shape index (κ2) is 8.79. The Morgan fingerprint density at radius 3 is 1.69 bits per heavy atom. The smallest absolute Gasteiger partial charge is 0.197 e. The lowest BCUT2D eigenvalue weighted by atomic mass is 10.1. The molecule has 0 aliphatic carbocycles. The summed E-state index contributed by atoms with van der Waals surface area (Å²) in [6.07, 6.45) is 3.92. The second-order valence-corrected chi connectivity index (χ2v) is 11.7. The Hall–Kier alpha value is -4.76. The van der Waals surface area contributed by atoms with Crippen molar-refractivity contribution in [3.63, 3.8) is 0 Å². The Labute approximate surface area is 210 Å². The normalized spacial score (nSPS) is 15.3. The summed E-state index contributed by atoms with van der Waals surface area (Å²) < 4.78 is 6.17. The Bertz CT molecular complexity index is 1600. The summed E-state index contributed by atoms with van der Waals surface area (Å²) in [5.41, 5.74) is 3.08. The van der Waals surface area contributed by atoms with Crippen LogP contribution in [0.4, 0.5) is 11.4 Å². The molecule has 4 aromatic carbocycles. The summed E-state index contributed by atoms with van der Waals surface area (Å²) in [7, 11) is 0. The number of hydrogen-bond donors (Lipinski definition) is 0. The minimum absolute atomic E-state index is 0.579. The fourth-order valence-electron chi connectivity index (χ4n) is 4.95. The number of fused-ring (bicyclic) bond motifs is 2. The average molecular weight is 481 g/mol. The van der Waals surface area contributed by atoms with Crippen LogP contribution in [0, 0.1) is 17.9 Å². The van der Waals surface area contributed by atoms with Gasteiger partial charge in [-0.1, -0.05) is 84.9 Å². The van der Waals surface area contributed by atoms with E-state index in [1.165, 1.54) is 0 Å². The van der Waals surface area contributed by atoms with E-state index in [4.69, 9.17) is 11.3 Å². The van der Waals surface area contributed by atoms with Crippen LogP contribution >= 0.6 is 6.89 Å². The van der Waals surface area contributed by atoms with Crippen LogP contribution in [-0.2, 0) is 0 Å². The standard InChI is InChI=1S/C31H20N3OP/c1-33-31-21-23(34-27-16-8-10-18-29(27)35-30-19-11-9-17-28(30)34)20-26(22-32)36(31,24-12-4-2-5-13-24)25-14-6-3-7-15-25/h2-21H. The average Bonchev–Trinajstić information content (AvgIpc) is 2.96. The number of nitriles is 1. The van der Waals surface area contributed by atoms with Gasteiger partial charge in [0.2, 0.25) is 0 Å². The largest absolute Gasteiger partial charge is 0.453 e. The van der Waals surface area contributed by atoms with Crippen LogP contribution < -0.4 is 20.2 Å². The number of anilines is 2. The van der Waals surface area contributed by atoms with Gasteiger partial charge in [0.15, 0.2) is 16.9 Å². The van der Waals surface area contributed by atoms with Gasteiger partial charge in [0.05, 0.1) is 29.3 Å². The van der Waals surface area contributed by atoms with Crippen molar-refractivity contribution < 1.29 is 4.74 Å². The molecule has 0 unspecified atom stereocenters. The van der Waals surface area contributed by atoms with Crippen molar-refractivity contribution in [3.05, 3.63) is 144 Å². The van der Waals surface area contributed by atoms with Crippen LogP contribution in [0.25, 0.3) is 4.85 Å². The minimum Gasteiger partial charge on any atom is -0.453 e. The molecular weight excluding hydrogens is 461 g/mol. The maximum atomic E-state index is 10.6. The molecule has 2 aliphatic heterocycles. The van der Waals surface area contributed by atoms with Gasteiger partial charge in [0.25, 0.3) is 0 Å². The van der Waals surface area contributed by atoms with E-state index in [9.17, 15) is 5.26 Å². The van der Waals surface area contributed by atoms with Crippen LogP contribution in [0.1, 0.15) is 0 Å². The van der Waals surface area contributed by atoms with Gasteiger partial charge in [-0.15, -0.1) is 0 Å². The fraction of sp³-hybridized carbons (Fsp3) is 0. The van der Waals surface area contributed by atoms with Crippen molar-refractivity contribution >= 4 is 34.3 Å². The van der Waals surface area contributed by atoms with Crippen molar-refractivity contribution in [2.24, 2.45) is 0 Å². The number of para-hydroxylation sites is 4. The van der Waals surface area contributed by atoms with Crippen LogP contribution in [0.2, 0.25) is 0 Å². The first-order valence-electron chi connectivity index (χ1n) is 11.5. The number of rotatable bonds is 3. The molecule has 0 bridgehead atoms. The fourth-order valence-corrected chi connectivity index (χ4v) is 8.77. The van der Waals surface area contributed by atoms with Crippen LogP contribution in [0.15, 0.2) is 132 Å². The summed E-state index contributed by atoms with van der Waals surface area (Å²) in [5.74, 6) is 1.46. The molecule has 0 N–H and O–H groups in total. The highest BCUT2D eigenvalue weighted by molar-refractivity contribution is 7.93. The predicted octanol–water partition coefficient (Wildman–Crippen LogP) is 6.95. The first kappa shape index (κ1) is 21.8. The molecule has 0 spiro atoms. The topological polar surface area (TPSA) is 40.6 Å². The lowest BCUT2D eigenvalue weighted by Gasteiger charge is -2.37. The molecule has 0 saturated carbocycles. The van der Waals surface area contributed by atoms with E-state index in [1.807, 2.05) is 121 Å². The second-order valence-electron chi connectivity index (χ2n) is 8.40. The zero-order valence-corrected chi connectivity index (χ0v) is 20.1. The lowest BCUT2D eigenvalue weighted by Crippen LogP contribution is -2.27.